The van der Waals surface area contributed by atoms with Crippen molar-refractivity contribution in [1.29, 1.82) is 0 Å². The highest BCUT2D eigenvalue weighted by molar-refractivity contribution is 6.30. The van der Waals surface area contributed by atoms with Crippen LogP contribution in [0.4, 0.5) is 8.78 Å². The van der Waals surface area contributed by atoms with Gasteiger partial charge in [-0.3, -0.25) is 4.90 Å². The summed E-state index contributed by atoms with van der Waals surface area (Å²) in [7, 11) is 0. The van der Waals surface area contributed by atoms with Crippen molar-refractivity contribution in [3.63, 3.8) is 0 Å². The average Bonchev–Trinajstić information content (AvgIpc) is 2.57. The summed E-state index contributed by atoms with van der Waals surface area (Å²) in [6.07, 6.45) is 0. The molecule has 3 rings (SSSR count). The van der Waals surface area contributed by atoms with Crippen LogP contribution in [0.1, 0.15) is 5.56 Å². The van der Waals surface area contributed by atoms with Crippen LogP contribution in [0.3, 0.4) is 0 Å². The van der Waals surface area contributed by atoms with Gasteiger partial charge in [-0.15, -0.1) is 0 Å². The van der Waals surface area contributed by atoms with E-state index in [1.54, 1.807) is 24.3 Å². The van der Waals surface area contributed by atoms with Gasteiger partial charge >= 0.3 is 6.61 Å². The van der Waals surface area contributed by atoms with Crippen molar-refractivity contribution in [2.75, 3.05) is 26.3 Å². The summed E-state index contributed by atoms with van der Waals surface area (Å²) in [6, 6.07) is 12.4. The van der Waals surface area contributed by atoms with Crippen molar-refractivity contribution in [3.8, 4) is 16.9 Å². The molecule has 0 spiro atoms. The van der Waals surface area contributed by atoms with E-state index in [-0.39, 0.29) is 5.75 Å². The first-order valence-electron chi connectivity index (χ1n) is 7.75. The van der Waals surface area contributed by atoms with Gasteiger partial charge in [0.2, 0.25) is 0 Å². The molecule has 2 aromatic carbocycles. The van der Waals surface area contributed by atoms with Crippen LogP contribution in [-0.2, 0) is 11.3 Å². The van der Waals surface area contributed by atoms with Gasteiger partial charge in [-0.25, -0.2) is 0 Å². The van der Waals surface area contributed by atoms with Gasteiger partial charge in [0.05, 0.1) is 13.2 Å². The van der Waals surface area contributed by atoms with Crippen LogP contribution in [0.5, 0.6) is 5.75 Å². The molecule has 0 saturated carbocycles. The van der Waals surface area contributed by atoms with Gasteiger partial charge in [0, 0.05) is 30.2 Å². The predicted octanol–water partition coefficient (Wildman–Crippen LogP) is 4.44. The molecule has 1 saturated heterocycles. The number of morpholine rings is 1. The lowest BCUT2D eigenvalue weighted by atomic mass is 10.0. The first kappa shape index (κ1) is 17.1. The Kier molecular flexibility index (Phi) is 5.66. The molecule has 0 aliphatic carbocycles. The van der Waals surface area contributed by atoms with Crippen molar-refractivity contribution in [2.24, 2.45) is 0 Å². The largest absolute Gasteiger partial charge is 0.434 e. The van der Waals surface area contributed by atoms with E-state index in [4.69, 9.17) is 16.3 Å². The zero-order valence-electron chi connectivity index (χ0n) is 13.1. The van der Waals surface area contributed by atoms with Gasteiger partial charge in [-0.05, 0) is 35.4 Å². The predicted molar refractivity (Wildman–Crippen MR) is 89.6 cm³/mol. The van der Waals surface area contributed by atoms with Crippen LogP contribution in [0.15, 0.2) is 42.5 Å². The van der Waals surface area contributed by atoms with E-state index in [1.807, 2.05) is 18.2 Å². The monoisotopic (exact) mass is 353 g/mol. The Morgan fingerprint density at radius 2 is 1.92 bits per heavy atom. The molecule has 1 fully saturated rings. The number of halogens is 3. The van der Waals surface area contributed by atoms with Gasteiger partial charge in [0.15, 0.2) is 0 Å². The summed E-state index contributed by atoms with van der Waals surface area (Å²) in [5, 5.41) is 0.550. The third kappa shape index (κ3) is 4.44. The summed E-state index contributed by atoms with van der Waals surface area (Å²) in [4.78, 5) is 2.27. The molecule has 0 aromatic heterocycles. The van der Waals surface area contributed by atoms with Gasteiger partial charge in [-0.2, -0.15) is 8.78 Å². The van der Waals surface area contributed by atoms with E-state index in [1.165, 1.54) is 0 Å². The second-order valence-corrected chi connectivity index (χ2v) is 6.04. The van der Waals surface area contributed by atoms with Gasteiger partial charge in [0.25, 0.3) is 0 Å². The second-order valence-electron chi connectivity index (χ2n) is 5.61. The lowest BCUT2D eigenvalue weighted by Crippen LogP contribution is -2.35. The highest BCUT2D eigenvalue weighted by Crippen LogP contribution is 2.33. The first-order valence-corrected chi connectivity index (χ1v) is 8.13. The van der Waals surface area contributed by atoms with Crippen molar-refractivity contribution in [1.82, 2.24) is 4.90 Å². The fourth-order valence-electron chi connectivity index (χ4n) is 2.77. The molecule has 1 heterocycles. The van der Waals surface area contributed by atoms with Gasteiger partial charge in [0.1, 0.15) is 5.75 Å². The summed E-state index contributed by atoms with van der Waals surface area (Å²) in [6.45, 7) is 1.03. The molecule has 0 bridgehead atoms. The Labute approximate surface area is 144 Å². The molecule has 6 heteroatoms. The Hall–Kier alpha value is -1.69. The fourth-order valence-corrected chi connectivity index (χ4v) is 2.96. The van der Waals surface area contributed by atoms with Crippen molar-refractivity contribution < 1.29 is 18.3 Å². The number of rotatable bonds is 5. The molecule has 24 heavy (non-hydrogen) atoms. The fraction of sp³-hybridized carbons (Fsp3) is 0.333. The highest BCUT2D eigenvalue weighted by atomic mass is 35.5. The molecule has 1 aliphatic rings. The molecule has 1 aliphatic heterocycles. The summed E-state index contributed by atoms with van der Waals surface area (Å²) in [5.74, 6) is 0.151. The lowest BCUT2D eigenvalue weighted by molar-refractivity contribution is -0.0494. The maximum absolute atomic E-state index is 12.7. The van der Waals surface area contributed by atoms with Crippen LogP contribution >= 0.6 is 11.6 Å². The maximum atomic E-state index is 12.7. The minimum absolute atomic E-state index is 0.151. The molecule has 3 nitrogen and oxygen atoms in total. The standard InChI is InChI=1S/C18H18ClF2NO2/c19-15-3-1-2-14(11-15)16-10-13(4-5-17(16)24-18(20)21)12-22-6-8-23-9-7-22/h1-5,10-11,18H,6-9,12H2. The van der Waals surface area contributed by atoms with E-state index in [2.05, 4.69) is 9.64 Å². The molecule has 0 unspecified atom stereocenters. The highest BCUT2D eigenvalue weighted by Gasteiger charge is 2.15. The molecule has 128 valence electrons. The van der Waals surface area contributed by atoms with Crippen LogP contribution in [0, 0.1) is 0 Å². The number of alkyl halides is 2. The van der Waals surface area contributed by atoms with Crippen LogP contribution in [-0.4, -0.2) is 37.8 Å². The Balaban J connectivity index is 1.91. The molecular formula is C18H18ClF2NO2. The smallest absolute Gasteiger partial charge is 0.387 e. The van der Waals surface area contributed by atoms with Crippen molar-refractivity contribution >= 4 is 11.6 Å². The second kappa shape index (κ2) is 7.92. The SMILES string of the molecule is FC(F)Oc1ccc(CN2CCOCC2)cc1-c1cccc(Cl)c1. The zero-order chi connectivity index (χ0) is 16.9. The lowest BCUT2D eigenvalue weighted by Gasteiger charge is -2.27. The van der Waals surface area contributed by atoms with E-state index in [0.717, 1.165) is 30.8 Å². The third-order valence-corrected chi connectivity index (χ3v) is 4.14. The van der Waals surface area contributed by atoms with Crippen LogP contribution < -0.4 is 4.74 Å². The maximum Gasteiger partial charge on any atom is 0.387 e. The van der Waals surface area contributed by atoms with Gasteiger partial charge < -0.3 is 9.47 Å². The number of benzene rings is 2. The summed E-state index contributed by atoms with van der Waals surface area (Å²) >= 11 is 6.04. The van der Waals surface area contributed by atoms with E-state index in [0.29, 0.717) is 23.8 Å². The summed E-state index contributed by atoms with van der Waals surface area (Å²) in [5.41, 5.74) is 2.40. The molecule has 0 amide bonds. The van der Waals surface area contributed by atoms with Crippen molar-refractivity contribution in [2.45, 2.75) is 13.2 Å². The molecule has 0 atom stereocenters. The van der Waals surface area contributed by atoms with E-state index >= 15 is 0 Å². The van der Waals surface area contributed by atoms with Crippen LogP contribution in [0.25, 0.3) is 11.1 Å². The Morgan fingerprint density at radius 3 is 2.62 bits per heavy atom. The van der Waals surface area contributed by atoms with E-state index < -0.39 is 6.61 Å². The molecule has 0 radical (unpaired) electrons. The van der Waals surface area contributed by atoms with Crippen molar-refractivity contribution in [3.05, 3.63) is 53.1 Å². The Morgan fingerprint density at radius 1 is 1.12 bits per heavy atom. The number of hydrogen-bond acceptors (Lipinski definition) is 3. The third-order valence-electron chi connectivity index (χ3n) is 3.91. The molecule has 0 N–H and O–H groups in total. The number of hydrogen-bond donors (Lipinski definition) is 0. The number of ether oxygens (including phenoxy) is 2. The zero-order valence-corrected chi connectivity index (χ0v) is 13.8. The Bertz CT molecular complexity index is 690. The van der Waals surface area contributed by atoms with Crippen LogP contribution in [0.2, 0.25) is 5.02 Å². The van der Waals surface area contributed by atoms with E-state index in [9.17, 15) is 8.78 Å². The quantitative estimate of drug-likeness (QED) is 0.793. The molecule has 2 aromatic rings. The first-order chi connectivity index (χ1) is 11.6. The topological polar surface area (TPSA) is 21.7 Å². The number of nitrogens with zero attached hydrogens (tertiary/aromatic N) is 1. The average molecular weight is 354 g/mol. The minimum Gasteiger partial charge on any atom is -0.434 e. The van der Waals surface area contributed by atoms with Gasteiger partial charge in [-0.1, -0.05) is 29.8 Å². The molecular weight excluding hydrogens is 336 g/mol. The summed E-state index contributed by atoms with van der Waals surface area (Å²) < 4.78 is 35.4. The normalized spacial score (nSPS) is 15.7. The minimum atomic E-state index is -2.87.